The third kappa shape index (κ3) is 1.26. The van der Waals surface area contributed by atoms with Crippen LogP contribution in [0.5, 0.6) is 0 Å². The Morgan fingerprint density at radius 2 is 2.27 bits per heavy atom. The first-order valence-corrected chi connectivity index (χ1v) is 2.96. The lowest BCUT2D eigenvalue weighted by molar-refractivity contribution is 0.112. The Morgan fingerprint density at radius 3 is 2.73 bits per heavy atom. The lowest BCUT2D eigenvalue weighted by Gasteiger charge is -1.96. The van der Waals surface area contributed by atoms with Crippen molar-refractivity contribution in [3.8, 4) is 0 Å². The summed E-state index contributed by atoms with van der Waals surface area (Å²) in [5, 5.41) is 0. The van der Waals surface area contributed by atoms with Gasteiger partial charge in [-0.3, -0.25) is 14.6 Å². The second-order valence-corrected chi connectivity index (χ2v) is 2.07. The zero-order valence-corrected chi connectivity index (χ0v) is 5.92. The SMILES string of the molecule is Cc1nc(N)[nH]c(=O)c1C=O. The summed E-state index contributed by atoms with van der Waals surface area (Å²) in [5.41, 5.74) is 5.08. The van der Waals surface area contributed by atoms with Gasteiger partial charge in [0.1, 0.15) is 5.56 Å². The van der Waals surface area contributed by atoms with Gasteiger partial charge in [-0.1, -0.05) is 0 Å². The molecule has 0 aromatic carbocycles. The van der Waals surface area contributed by atoms with Gasteiger partial charge in [-0.2, -0.15) is 0 Å². The van der Waals surface area contributed by atoms with Gasteiger partial charge in [0, 0.05) is 0 Å². The van der Waals surface area contributed by atoms with Crippen molar-refractivity contribution in [2.75, 3.05) is 5.73 Å². The van der Waals surface area contributed by atoms with Gasteiger partial charge < -0.3 is 5.73 Å². The summed E-state index contributed by atoms with van der Waals surface area (Å²) in [6.07, 6.45) is 0.459. The van der Waals surface area contributed by atoms with E-state index in [0.717, 1.165) is 0 Å². The summed E-state index contributed by atoms with van der Waals surface area (Å²) in [7, 11) is 0. The molecule has 0 fully saturated rings. The molecule has 1 aromatic rings. The van der Waals surface area contributed by atoms with Crippen molar-refractivity contribution in [3.05, 3.63) is 21.6 Å². The summed E-state index contributed by atoms with van der Waals surface area (Å²) < 4.78 is 0. The zero-order chi connectivity index (χ0) is 8.43. The van der Waals surface area contributed by atoms with E-state index in [1.54, 1.807) is 6.92 Å². The van der Waals surface area contributed by atoms with Gasteiger partial charge in [-0.05, 0) is 6.92 Å². The molecule has 0 amide bonds. The van der Waals surface area contributed by atoms with Gasteiger partial charge >= 0.3 is 0 Å². The molecule has 1 heterocycles. The van der Waals surface area contributed by atoms with Crippen LogP contribution in [0.15, 0.2) is 4.79 Å². The van der Waals surface area contributed by atoms with Crippen LogP contribution in [0, 0.1) is 6.92 Å². The molecule has 5 heteroatoms. The van der Waals surface area contributed by atoms with Crippen LogP contribution in [0.4, 0.5) is 5.95 Å². The fourth-order valence-electron chi connectivity index (χ4n) is 0.756. The number of carbonyl (C=O) groups excluding carboxylic acids is 1. The molecule has 5 nitrogen and oxygen atoms in total. The van der Waals surface area contributed by atoms with Crippen LogP contribution in [0.25, 0.3) is 0 Å². The zero-order valence-electron chi connectivity index (χ0n) is 5.92. The van der Waals surface area contributed by atoms with Crippen molar-refractivity contribution in [1.82, 2.24) is 9.97 Å². The lowest BCUT2D eigenvalue weighted by atomic mass is 10.3. The molecule has 0 atom stereocenters. The van der Waals surface area contributed by atoms with Crippen LogP contribution in [-0.2, 0) is 0 Å². The number of hydrogen-bond donors (Lipinski definition) is 2. The fraction of sp³-hybridized carbons (Fsp3) is 0.167. The number of carbonyl (C=O) groups is 1. The molecule has 0 saturated carbocycles. The van der Waals surface area contributed by atoms with E-state index in [0.29, 0.717) is 12.0 Å². The van der Waals surface area contributed by atoms with E-state index in [2.05, 4.69) is 9.97 Å². The largest absolute Gasteiger partial charge is 0.369 e. The maximum absolute atomic E-state index is 10.9. The first kappa shape index (κ1) is 7.46. The molecular formula is C6H7N3O2. The number of hydrogen-bond acceptors (Lipinski definition) is 4. The monoisotopic (exact) mass is 153 g/mol. The molecule has 58 valence electrons. The molecular weight excluding hydrogens is 146 g/mol. The number of rotatable bonds is 1. The average molecular weight is 153 g/mol. The van der Waals surface area contributed by atoms with Crippen LogP contribution >= 0.6 is 0 Å². The van der Waals surface area contributed by atoms with E-state index >= 15 is 0 Å². The summed E-state index contributed by atoms with van der Waals surface area (Å²) in [5.74, 6) is 0.0260. The maximum Gasteiger partial charge on any atom is 0.263 e. The molecule has 0 unspecified atom stereocenters. The van der Waals surface area contributed by atoms with E-state index in [9.17, 15) is 9.59 Å². The predicted octanol–water partition coefficient (Wildman–Crippen LogP) is -0.527. The second-order valence-electron chi connectivity index (χ2n) is 2.07. The Labute approximate surface area is 62.3 Å². The van der Waals surface area contributed by atoms with Gasteiger partial charge in [0.15, 0.2) is 6.29 Å². The van der Waals surface area contributed by atoms with E-state index in [4.69, 9.17) is 5.73 Å². The van der Waals surface area contributed by atoms with Crippen molar-refractivity contribution in [2.24, 2.45) is 0 Å². The highest BCUT2D eigenvalue weighted by Gasteiger charge is 2.03. The maximum atomic E-state index is 10.9. The molecule has 0 aliphatic carbocycles. The molecule has 0 bridgehead atoms. The molecule has 0 spiro atoms. The quantitative estimate of drug-likeness (QED) is 0.531. The third-order valence-corrected chi connectivity index (χ3v) is 1.28. The highest BCUT2D eigenvalue weighted by Crippen LogP contribution is 1.95. The smallest absolute Gasteiger partial charge is 0.263 e. The van der Waals surface area contributed by atoms with Gasteiger partial charge in [-0.15, -0.1) is 0 Å². The van der Waals surface area contributed by atoms with Crippen molar-refractivity contribution in [2.45, 2.75) is 6.92 Å². The predicted molar refractivity (Wildman–Crippen MR) is 39.4 cm³/mol. The molecule has 0 radical (unpaired) electrons. The molecule has 11 heavy (non-hydrogen) atoms. The Hall–Kier alpha value is -1.65. The Morgan fingerprint density at radius 1 is 1.64 bits per heavy atom. The number of aromatic nitrogens is 2. The summed E-state index contributed by atoms with van der Waals surface area (Å²) in [6, 6.07) is 0. The van der Waals surface area contributed by atoms with Gasteiger partial charge in [-0.25, -0.2) is 4.98 Å². The Bertz CT molecular complexity index is 342. The van der Waals surface area contributed by atoms with Crippen LogP contribution in [0.2, 0.25) is 0 Å². The lowest BCUT2D eigenvalue weighted by Crippen LogP contribution is -2.17. The van der Waals surface area contributed by atoms with E-state index in [-0.39, 0.29) is 11.5 Å². The minimum atomic E-state index is -0.495. The number of nitrogens with two attached hydrogens (primary N) is 1. The average Bonchev–Trinajstić information content (AvgIpc) is 1.85. The second kappa shape index (κ2) is 2.53. The first-order valence-electron chi connectivity index (χ1n) is 2.96. The summed E-state index contributed by atoms with van der Waals surface area (Å²) in [4.78, 5) is 27.1. The Balaban J connectivity index is 3.49. The fourth-order valence-corrected chi connectivity index (χ4v) is 0.756. The number of anilines is 1. The molecule has 1 rings (SSSR count). The van der Waals surface area contributed by atoms with E-state index < -0.39 is 5.56 Å². The van der Waals surface area contributed by atoms with Gasteiger partial charge in [0.2, 0.25) is 5.95 Å². The molecule has 0 aliphatic rings. The van der Waals surface area contributed by atoms with Crippen molar-refractivity contribution in [1.29, 1.82) is 0 Å². The number of aryl methyl sites for hydroxylation is 1. The molecule has 0 aliphatic heterocycles. The summed E-state index contributed by atoms with van der Waals surface area (Å²) >= 11 is 0. The van der Waals surface area contributed by atoms with Crippen molar-refractivity contribution in [3.63, 3.8) is 0 Å². The van der Waals surface area contributed by atoms with Crippen LogP contribution in [0.3, 0.4) is 0 Å². The number of nitrogens with zero attached hydrogens (tertiary/aromatic N) is 1. The minimum Gasteiger partial charge on any atom is -0.369 e. The number of nitrogens with one attached hydrogen (secondary N) is 1. The normalized spacial score (nSPS) is 9.55. The van der Waals surface area contributed by atoms with Crippen LogP contribution in [-0.4, -0.2) is 16.3 Å². The number of aldehydes is 1. The van der Waals surface area contributed by atoms with E-state index in [1.807, 2.05) is 0 Å². The van der Waals surface area contributed by atoms with E-state index in [1.165, 1.54) is 0 Å². The van der Waals surface area contributed by atoms with Crippen molar-refractivity contribution >= 4 is 12.2 Å². The number of aromatic amines is 1. The topological polar surface area (TPSA) is 88.8 Å². The molecule has 3 N–H and O–H groups in total. The Kier molecular flexibility index (Phi) is 1.72. The van der Waals surface area contributed by atoms with Gasteiger partial charge in [0.25, 0.3) is 5.56 Å². The standard InChI is InChI=1S/C6H7N3O2/c1-3-4(2-10)5(11)9-6(7)8-3/h2H,1H3,(H3,7,8,9,11). The highest BCUT2D eigenvalue weighted by molar-refractivity contribution is 5.75. The summed E-state index contributed by atoms with van der Waals surface area (Å²) in [6.45, 7) is 1.55. The van der Waals surface area contributed by atoms with Crippen molar-refractivity contribution < 1.29 is 4.79 Å². The van der Waals surface area contributed by atoms with Crippen LogP contribution < -0.4 is 11.3 Å². The number of H-pyrrole nitrogens is 1. The van der Waals surface area contributed by atoms with Gasteiger partial charge in [0.05, 0.1) is 5.69 Å². The van der Waals surface area contributed by atoms with Crippen LogP contribution in [0.1, 0.15) is 16.1 Å². The number of nitrogen functional groups attached to an aromatic ring is 1. The highest BCUT2D eigenvalue weighted by atomic mass is 16.1. The molecule has 0 saturated heterocycles. The minimum absolute atomic E-state index is 0.0260. The third-order valence-electron chi connectivity index (χ3n) is 1.28. The molecule has 1 aromatic heterocycles. The first-order chi connectivity index (χ1) is 5.15.